The fraction of sp³-hybridized carbons (Fsp3) is 0.0556. The smallest absolute Gasteiger partial charge is 0.275 e. The Morgan fingerprint density at radius 3 is 2.70 bits per heavy atom. The number of rotatable bonds is 4. The number of aromatic nitrogens is 5. The molecule has 0 bridgehead atoms. The number of anilines is 1. The van der Waals surface area contributed by atoms with Crippen molar-refractivity contribution in [3.63, 3.8) is 0 Å². The minimum absolute atomic E-state index is 0.290. The van der Waals surface area contributed by atoms with Crippen molar-refractivity contribution in [1.29, 1.82) is 0 Å². The van der Waals surface area contributed by atoms with E-state index < -0.39 is 0 Å². The van der Waals surface area contributed by atoms with E-state index in [9.17, 15) is 4.79 Å². The third-order valence-corrected chi connectivity index (χ3v) is 4.72. The van der Waals surface area contributed by atoms with Crippen LogP contribution in [-0.2, 0) is 0 Å². The number of aromatic amines is 1. The van der Waals surface area contributed by atoms with E-state index in [1.165, 1.54) is 11.8 Å². The molecule has 4 aromatic rings. The predicted molar refractivity (Wildman–Crippen MR) is 106 cm³/mol. The maximum atomic E-state index is 12.6. The number of carbonyl (C=O) groups excluding carboxylic acids is 1. The van der Waals surface area contributed by atoms with Gasteiger partial charge in [-0.25, -0.2) is 9.97 Å². The van der Waals surface area contributed by atoms with Crippen molar-refractivity contribution in [3.8, 4) is 11.3 Å². The van der Waals surface area contributed by atoms with Crippen molar-refractivity contribution in [2.45, 2.75) is 5.16 Å². The zero-order valence-electron chi connectivity index (χ0n) is 14.1. The number of nitrogens with zero attached hydrogens (tertiary/aromatic N) is 4. The van der Waals surface area contributed by atoms with Gasteiger partial charge in [-0.1, -0.05) is 47.6 Å². The number of hydrogen-bond donors (Lipinski definition) is 2. The molecule has 2 N–H and O–H groups in total. The van der Waals surface area contributed by atoms with Crippen LogP contribution in [0.5, 0.6) is 0 Å². The summed E-state index contributed by atoms with van der Waals surface area (Å²) in [5, 5.41) is 11.7. The van der Waals surface area contributed by atoms with Gasteiger partial charge in [0, 0.05) is 11.8 Å². The lowest BCUT2D eigenvalue weighted by molar-refractivity contribution is 0.102. The Morgan fingerprint density at radius 1 is 1.15 bits per heavy atom. The van der Waals surface area contributed by atoms with E-state index in [2.05, 4.69) is 30.5 Å². The maximum Gasteiger partial charge on any atom is 0.275 e. The third-order valence-electron chi connectivity index (χ3n) is 3.84. The number of amides is 1. The molecule has 27 heavy (non-hydrogen) atoms. The van der Waals surface area contributed by atoms with Gasteiger partial charge >= 0.3 is 0 Å². The molecule has 0 spiro atoms. The van der Waals surface area contributed by atoms with Gasteiger partial charge in [0.05, 0.1) is 10.4 Å². The van der Waals surface area contributed by atoms with Crippen LogP contribution in [0.4, 0.5) is 5.82 Å². The molecule has 3 heterocycles. The van der Waals surface area contributed by atoms with Crippen molar-refractivity contribution in [3.05, 3.63) is 59.4 Å². The number of pyridine rings is 1. The molecule has 0 aliphatic rings. The van der Waals surface area contributed by atoms with E-state index in [4.69, 9.17) is 11.6 Å². The van der Waals surface area contributed by atoms with Crippen molar-refractivity contribution in [2.24, 2.45) is 0 Å². The highest BCUT2D eigenvalue weighted by molar-refractivity contribution is 7.98. The fourth-order valence-electron chi connectivity index (χ4n) is 2.61. The molecule has 9 heteroatoms. The minimum atomic E-state index is -0.367. The van der Waals surface area contributed by atoms with E-state index in [1.807, 2.05) is 24.5 Å². The summed E-state index contributed by atoms with van der Waals surface area (Å²) in [7, 11) is 0. The van der Waals surface area contributed by atoms with Gasteiger partial charge in [-0.15, -0.1) is 0 Å². The molecule has 0 aliphatic carbocycles. The van der Waals surface area contributed by atoms with E-state index in [-0.39, 0.29) is 11.6 Å². The van der Waals surface area contributed by atoms with Crippen LogP contribution in [0.25, 0.3) is 22.3 Å². The summed E-state index contributed by atoms with van der Waals surface area (Å²) in [4.78, 5) is 25.6. The maximum absolute atomic E-state index is 12.6. The number of H-pyrrole nitrogens is 1. The Hall–Kier alpha value is -2.97. The molecule has 1 amide bonds. The minimum Gasteiger partial charge on any atom is -0.304 e. The first-order valence-electron chi connectivity index (χ1n) is 7.94. The van der Waals surface area contributed by atoms with Crippen LogP contribution in [-0.4, -0.2) is 37.3 Å². The molecule has 0 saturated heterocycles. The molecule has 0 saturated carbocycles. The van der Waals surface area contributed by atoms with E-state index in [0.29, 0.717) is 32.7 Å². The predicted octanol–water partition coefficient (Wildman–Crippen LogP) is 4.04. The van der Waals surface area contributed by atoms with Crippen molar-refractivity contribution < 1.29 is 4.79 Å². The van der Waals surface area contributed by atoms with Crippen LogP contribution in [0.1, 0.15) is 10.5 Å². The average molecular weight is 397 g/mol. The molecule has 1 aromatic carbocycles. The van der Waals surface area contributed by atoms with Gasteiger partial charge < -0.3 is 5.32 Å². The Bertz CT molecular complexity index is 1130. The Kier molecular flexibility index (Phi) is 4.74. The van der Waals surface area contributed by atoms with Crippen molar-refractivity contribution in [1.82, 2.24) is 25.1 Å². The molecule has 0 aliphatic heterocycles. The average Bonchev–Trinajstić information content (AvgIpc) is 3.13. The number of fused-ring (bicyclic) bond motifs is 1. The highest BCUT2D eigenvalue weighted by atomic mass is 35.5. The Balaban J connectivity index is 1.86. The third kappa shape index (κ3) is 3.36. The quantitative estimate of drug-likeness (QED) is 0.399. The lowest BCUT2D eigenvalue weighted by atomic mass is 10.1. The normalized spacial score (nSPS) is 10.9. The molecule has 0 fully saturated rings. The summed E-state index contributed by atoms with van der Waals surface area (Å²) in [6.45, 7) is 0. The zero-order chi connectivity index (χ0) is 18.8. The van der Waals surface area contributed by atoms with Gasteiger partial charge in [-0.3, -0.25) is 14.9 Å². The number of hydrogen-bond acceptors (Lipinski definition) is 6. The van der Waals surface area contributed by atoms with Crippen LogP contribution in [0.15, 0.2) is 53.8 Å². The highest BCUT2D eigenvalue weighted by Gasteiger charge is 2.20. The second-order valence-corrected chi connectivity index (χ2v) is 6.68. The van der Waals surface area contributed by atoms with Gasteiger partial charge in [0.25, 0.3) is 5.91 Å². The topological polar surface area (TPSA) is 96.5 Å². The number of carbonyl (C=O) groups is 1. The van der Waals surface area contributed by atoms with Crippen LogP contribution in [0.2, 0.25) is 5.02 Å². The molecule has 7 nitrogen and oxygen atoms in total. The van der Waals surface area contributed by atoms with E-state index >= 15 is 0 Å². The number of halogens is 1. The molecular weight excluding hydrogens is 384 g/mol. The molecule has 3 aromatic heterocycles. The lowest BCUT2D eigenvalue weighted by Gasteiger charge is -2.08. The summed E-state index contributed by atoms with van der Waals surface area (Å²) in [6, 6.07) is 12.5. The Morgan fingerprint density at radius 2 is 1.96 bits per heavy atom. The van der Waals surface area contributed by atoms with Gasteiger partial charge in [0.2, 0.25) is 0 Å². The van der Waals surface area contributed by atoms with Gasteiger partial charge in [-0.05, 0) is 24.5 Å². The fourth-order valence-corrected chi connectivity index (χ4v) is 3.20. The summed E-state index contributed by atoms with van der Waals surface area (Å²) in [5.41, 5.74) is 2.09. The Labute approximate surface area is 163 Å². The molecular formula is C18H13ClN6OS. The van der Waals surface area contributed by atoms with Crippen LogP contribution in [0, 0.1) is 0 Å². The van der Waals surface area contributed by atoms with Crippen molar-refractivity contribution >= 4 is 46.1 Å². The second-order valence-electron chi connectivity index (χ2n) is 5.50. The first-order valence-corrected chi connectivity index (χ1v) is 9.55. The monoisotopic (exact) mass is 396 g/mol. The highest BCUT2D eigenvalue weighted by Crippen LogP contribution is 2.35. The van der Waals surface area contributed by atoms with Crippen LogP contribution < -0.4 is 5.32 Å². The second kappa shape index (κ2) is 7.34. The SMILES string of the molecule is CSc1nc(NC(=O)c2ccccn2)c2c(-c3ccccc3Cl)n[nH]c2n1. The molecule has 0 radical (unpaired) electrons. The van der Waals surface area contributed by atoms with E-state index in [0.717, 1.165) is 5.56 Å². The number of nitrogens with one attached hydrogen (secondary N) is 2. The largest absolute Gasteiger partial charge is 0.304 e. The van der Waals surface area contributed by atoms with E-state index in [1.54, 1.807) is 30.5 Å². The van der Waals surface area contributed by atoms with Crippen LogP contribution in [0.3, 0.4) is 0 Å². The first kappa shape index (κ1) is 17.4. The molecule has 0 atom stereocenters. The van der Waals surface area contributed by atoms with Gasteiger partial charge in [-0.2, -0.15) is 5.10 Å². The number of thioether (sulfide) groups is 1. The molecule has 134 valence electrons. The summed E-state index contributed by atoms with van der Waals surface area (Å²) in [5.74, 6) is -0.0161. The van der Waals surface area contributed by atoms with Crippen LogP contribution >= 0.6 is 23.4 Å². The first-order chi connectivity index (χ1) is 13.2. The summed E-state index contributed by atoms with van der Waals surface area (Å²) < 4.78 is 0. The number of benzene rings is 1. The standard InChI is InChI=1S/C18H13ClN6OS/c1-27-18-22-15(21-17(26)12-8-4-5-9-20-12)13-14(24-25-16(13)23-18)10-6-2-3-7-11(10)19/h2-9H,1H3,(H2,21,22,23,24,25,26). The zero-order valence-corrected chi connectivity index (χ0v) is 15.7. The molecule has 4 rings (SSSR count). The summed E-state index contributed by atoms with van der Waals surface area (Å²) in [6.07, 6.45) is 3.42. The molecule has 0 unspecified atom stereocenters. The summed E-state index contributed by atoms with van der Waals surface area (Å²) >= 11 is 7.70. The van der Waals surface area contributed by atoms with Gasteiger partial charge in [0.15, 0.2) is 10.8 Å². The van der Waals surface area contributed by atoms with Gasteiger partial charge in [0.1, 0.15) is 17.2 Å². The van der Waals surface area contributed by atoms with Crippen molar-refractivity contribution in [2.75, 3.05) is 11.6 Å². The lowest BCUT2D eigenvalue weighted by Crippen LogP contribution is -2.15.